The van der Waals surface area contributed by atoms with Gasteiger partial charge in [0.2, 0.25) is 0 Å². The normalized spacial score (nSPS) is 10.9. The molecular formula is C11H10FN3S. The molecule has 0 unspecified atom stereocenters. The molecule has 0 aliphatic rings. The number of aromatic amines is 1. The third kappa shape index (κ3) is 1.42. The Kier molecular flexibility index (Phi) is 2.52. The summed E-state index contributed by atoms with van der Waals surface area (Å²) in [6, 6.07) is 5.00. The second kappa shape index (κ2) is 3.72. The summed E-state index contributed by atoms with van der Waals surface area (Å²) in [6.07, 6.45) is 0. The van der Waals surface area contributed by atoms with Gasteiger partial charge in [-0.25, -0.2) is 4.39 Å². The van der Waals surface area contributed by atoms with E-state index in [1.54, 1.807) is 10.6 Å². The largest absolute Gasteiger partial charge is 0.330 e. The van der Waals surface area contributed by atoms with E-state index in [9.17, 15) is 4.39 Å². The summed E-state index contributed by atoms with van der Waals surface area (Å²) in [5.74, 6) is -0.513. The highest BCUT2D eigenvalue weighted by molar-refractivity contribution is 7.71. The Hall–Kier alpha value is -1.67. The van der Waals surface area contributed by atoms with Gasteiger partial charge in [0, 0.05) is 6.04 Å². The molecule has 82 valence electrons. The lowest BCUT2D eigenvalue weighted by molar-refractivity contribution is 0.580. The molecule has 0 aliphatic carbocycles. The third-order valence-corrected chi connectivity index (χ3v) is 2.75. The van der Waals surface area contributed by atoms with Crippen molar-refractivity contribution in [1.29, 1.82) is 5.26 Å². The molecule has 0 aliphatic heterocycles. The van der Waals surface area contributed by atoms with Crippen molar-refractivity contribution in [2.75, 3.05) is 0 Å². The predicted molar refractivity (Wildman–Crippen MR) is 62.2 cm³/mol. The number of hydrogen-bond acceptors (Lipinski definition) is 2. The topological polar surface area (TPSA) is 44.5 Å². The van der Waals surface area contributed by atoms with E-state index in [2.05, 4.69) is 4.98 Å². The number of nitrogens with one attached hydrogen (secondary N) is 1. The quantitative estimate of drug-likeness (QED) is 0.771. The van der Waals surface area contributed by atoms with Gasteiger partial charge in [-0.2, -0.15) is 5.26 Å². The standard InChI is InChI=1S/C11H10FN3S/c1-6(2)15-10-8(14-11(15)16)4-3-7(5-13)9(10)12/h3-4,6H,1-2H3,(H,14,16). The van der Waals surface area contributed by atoms with Crippen LogP contribution in [0.5, 0.6) is 0 Å². The van der Waals surface area contributed by atoms with Gasteiger partial charge < -0.3 is 9.55 Å². The Bertz CT molecular complexity index is 646. The highest BCUT2D eigenvalue weighted by atomic mass is 32.1. The maximum Gasteiger partial charge on any atom is 0.178 e. The molecule has 0 radical (unpaired) electrons. The van der Waals surface area contributed by atoms with E-state index in [0.717, 1.165) is 0 Å². The SMILES string of the molecule is CC(C)n1c(=S)[nH]c2ccc(C#N)c(F)c21. The van der Waals surface area contributed by atoms with E-state index in [-0.39, 0.29) is 11.6 Å². The number of aromatic nitrogens is 2. The molecule has 1 aromatic heterocycles. The molecule has 2 rings (SSSR count). The number of halogens is 1. The van der Waals surface area contributed by atoms with Gasteiger partial charge >= 0.3 is 0 Å². The van der Waals surface area contributed by atoms with Crippen molar-refractivity contribution in [1.82, 2.24) is 9.55 Å². The van der Waals surface area contributed by atoms with Crippen molar-refractivity contribution in [2.24, 2.45) is 0 Å². The zero-order valence-electron chi connectivity index (χ0n) is 8.91. The van der Waals surface area contributed by atoms with Crippen LogP contribution in [0.4, 0.5) is 4.39 Å². The first kappa shape index (κ1) is 10.8. The number of H-pyrrole nitrogens is 1. The summed E-state index contributed by atoms with van der Waals surface area (Å²) in [7, 11) is 0. The van der Waals surface area contributed by atoms with Crippen molar-refractivity contribution < 1.29 is 4.39 Å². The van der Waals surface area contributed by atoms with Crippen molar-refractivity contribution in [3.8, 4) is 6.07 Å². The van der Waals surface area contributed by atoms with E-state index in [4.69, 9.17) is 17.5 Å². The fourth-order valence-corrected chi connectivity index (χ4v) is 2.17. The first-order chi connectivity index (χ1) is 7.56. The van der Waals surface area contributed by atoms with Gasteiger partial charge in [0.1, 0.15) is 11.6 Å². The zero-order valence-corrected chi connectivity index (χ0v) is 9.73. The molecule has 0 saturated heterocycles. The average molecular weight is 235 g/mol. The Morgan fingerprint density at radius 2 is 2.19 bits per heavy atom. The summed E-state index contributed by atoms with van der Waals surface area (Å²) in [6.45, 7) is 3.84. The van der Waals surface area contributed by atoms with Gasteiger partial charge in [-0.05, 0) is 38.2 Å². The lowest BCUT2D eigenvalue weighted by Crippen LogP contribution is -2.02. The van der Waals surface area contributed by atoms with Crippen LogP contribution < -0.4 is 0 Å². The van der Waals surface area contributed by atoms with Gasteiger partial charge in [-0.3, -0.25) is 0 Å². The number of nitrogens with zero attached hydrogens (tertiary/aromatic N) is 2. The fraction of sp³-hybridized carbons (Fsp3) is 0.273. The maximum absolute atomic E-state index is 14.0. The first-order valence-corrected chi connectivity index (χ1v) is 5.30. The zero-order chi connectivity index (χ0) is 11.9. The lowest BCUT2D eigenvalue weighted by Gasteiger charge is -2.08. The summed E-state index contributed by atoms with van der Waals surface area (Å²) in [5, 5.41) is 8.78. The van der Waals surface area contributed by atoms with Gasteiger partial charge in [0.05, 0.1) is 11.1 Å². The molecule has 2 aromatic rings. The second-order valence-electron chi connectivity index (χ2n) is 3.83. The Morgan fingerprint density at radius 1 is 1.50 bits per heavy atom. The molecule has 16 heavy (non-hydrogen) atoms. The summed E-state index contributed by atoms with van der Waals surface area (Å²) in [4.78, 5) is 2.93. The number of imidazole rings is 1. The Balaban J connectivity index is 2.97. The highest BCUT2D eigenvalue weighted by Gasteiger charge is 2.14. The van der Waals surface area contributed by atoms with Crippen molar-refractivity contribution >= 4 is 23.3 Å². The van der Waals surface area contributed by atoms with Crippen LogP contribution in [0, 0.1) is 21.9 Å². The summed E-state index contributed by atoms with van der Waals surface area (Å²) >= 11 is 5.13. The van der Waals surface area contributed by atoms with Crippen LogP contribution >= 0.6 is 12.2 Å². The van der Waals surface area contributed by atoms with Crippen LogP contribution in [-0.4, -0.2) is 9.55 Å². The van der Waals surface area contributed by atoms with Crippen molar-refractivity contribution in [3.63, 3.8) is 0 Å². The van der Waals surface area contributed by atoms with Crippen LogP contribution in [0.25, 0.3) is 11.0 Å². The van der Waals surface area contributed by atoms with Crippen LogP contribution in [0.15, 0.2) is 12.1 Å². The molecule has 5 heteroatoms. The van der Waals surface area contributed by atoms with Gasteiger partial charge in [-0.15, -0.1) is 0 Å². The third-order valence-electron chi connectivity index (χ3n) is 2.45. The van der Waals surface area contributed by atoms with E-state index in [1.807, 2.05) is 19.9 Å². The molecule has 0 saturated carbocycles. The number of hydrogen-bond donors (Lipinski definition) is 1. The number of fused-ring (bicyclic) bond motifs is 1. The van der Waals surface area contributed by atoms with E-state index in [0.29, 0.717) is 15.8 Å². The number of rotatable bonds is 1. The number of nitriles is 1. The van der Waals surface area contributed by atoms with Crippen LogP contribution in [0.3, 0.4) is 0 Å². The Morgan fingerprint density at radius 3 is 2.75 bits per heavy atom. The van der Waals surface area contributed by atoms with E-state index >= 15 is 0 Å². The minimum atomic E-state index is -0.513. The van der Waals surface area contributed by atoms with Gasteiger partial charge in [0.15, 0.2) is 10.6 Å². The maximum atomic E-state index is 14.0. The average Bonchev–Trinajstić information content (AvgIpc) is 2.56. The molecule has 0 spiro atoms. The molecule has 0 amide bonds. The smallest absolute Gasteiger partial charge is 0.178 e. The number of benzene rings is 1. The molecular weight excluding hydrogens is 225 g/mol. The summed E-state index contributed by atoms with van der Waals surface area (Å²) in [5.41, 5.74) is 1.03. The molecule has 1 heterocycles. The molecule has 3 nitrogen and oxygen atoms in total. The molecule has 0 fully saturated rings. The minimum absolute atomic E-state index is 0.0379. The van der Waals surface area contributed by atoms with E-state index < -0.39 is 5.82 Å². The van der Waals surface area contributed by atoms with Gasteiger partial charge in [0.25, 0.3) is 0 Å². The fourth-order valence-electron chi connectivity index (χ4n) is 1.76. The van der Waals surface area contributed by atoms with Crippen molar-refractivity contribution in [2.45, 2.75) is 19.9 Å². The van der Waals surface area contributed by atoms with Gasteiger partial charge in [-0.1, -0.05) is 0 Å². The molecule has 1 aromatic carbocycles. The molecule has 1 N–H and O–H groups in total. The first-order valence-electron chi connectivity index (χ1n) is 4.89. The van der Waals surface area contributed by atoms with Crippen molar-refractivity contribution in [3.05, 3.63) is 28.3 Å². The van der Waals surface area contributed by atoms with Crippen LogP contribution in [0.1, 0.15) is 25.5 Å². The monoisotopic (exact) mass is 235 g/mol. The highest BCUT2D eigenvalue weighted by Crippen LogP contribution is 2.23. The summed E-state index contributed by atoms with van der Waals surface area (Å²) < 4.78 is 16.1. The Labute approximate surface area is 97.1 Å². The van der Waals surface area contributed by atoms with E-state index in [1.165, 1.54) is 6.07 Å². The second-order valence-corrected chi connectivity index (χ2v) is 4.22. The molecule has 0 bridgehead atoms. The molecule has 0 atom stereocenters. The predicted octanol–water partition coefficient (Wildman–Crippen LogP) is 3.29. The lowest BCUT2D eigenvalue weighted by atomic mass is 10.2. The minimum Gasteiger partial charge on any atom is -0.330 e. The van der Waals surface area contributed by atoms with Crippen LogP contribution in [-0.2, 0) is 0 Å². The van der Waals surface area contributed by atoms with Crippen LogP contribution in [0.2, 0.25) is 0 Å².